The third-order valence-electron chi connectivity index (χ3n) is 10.3. The van der Waals surface area contributed by atoms with E-state index in [1.54, 1.807) is 35.4 Å². The molecule has 1 saturated heterocycles. The summed E-state index contributed by atoms with van der Waals surface area (Å²) < 4.78 is 22.6. The lowest BCUT2D eigenvalue weighted by molar-refractivity contribution is -0.134. The van der Waals surface area contributed by atoms with Crippen LogP contribution in [0, 0.1) is 11.8 Å². The van der Waals surface area contributed by atoms with E-state index in [4.69, 9.17) is 18.9 Å². The molecular weight excluding hydrogens is 560 g/mol. The van der Waals surface area contributed by atoms with Gasteiger partial charge in [0.05, 0.1) is 34.5 Å². The minimum atomic E-state index is -1.07. The van der Waals surface area contributed by atoms with Crippen molar-refractivity contribution in [3.05, 3.63) is 57.7 Å². The first-order chi connectivity index (χ1) is 21.1. The van der Waals surface area contributed by atoms with E-state index in [0.29, 0.717) is 36.3 Å². The summed E-state index contributed by atoms with van der Waals surface area (Å²) >= 11 is 0. The van der Waals surface area contributed by atoms with Crippen molar-refractivity contribution >= 4 is 11.9 Å². The Morgan fingerprint density at radius 3 is 1.91 bits per heavy atom. The monoisotopic (exact) mass is 606 g/mol. The maximum atomic E-state index is 14.0. The van der Waals surface area contributed by atoms with E-state index in [-0.39, 0.29) is 29.1 Å². The average molecular weight is 607 g/mol. The molecule has 44 heavy (non-hydrogen) atoms. The topological polar surface area (TPSA) is 97.8 Å². The number of carbonyl (C=O) groups excluding carboxylic acids is 1. The molecule has 0 spiro atoms. The van der Waals surface area contributed by atoms with E-state index in [0.717, 1.165) is 61.4 Å². The molecule has 0 aliphatic carbocycles. The Bertz CT molecular complexity index is 1450. The molecule has 4 atom stereocenters. The number of amides is 1. The Balaban J connectivity index is 1.55. The van der Waals surface area contributed by atoms with Crippen molar-refractivity contribution in [2.45, 2.75) is 65.0 Å². The molecule has 9 heteroatoms. The van der Waals surface area contributed by atoms with Crippen LogP contribution in [-0.2, 0) is 22.4 Å². The lowest BCUT2D eigenvalue weighted by Gasteiger charge is -2.49. The van der Waals surface area contributed by atoms with Crippen LogP contribution in [0.5, 0.6) is 23.0 Å². The zero-order valence-corrected chi connectivity index (χ0v) is 27.1. The van der Waals surface area contributed by atoms with Gasteiger partial charge in [0.15, 0.2) is 23.0 Å². The van der Waals surface area contributed by atoms with E-state index in [9.17, 15) is 14.7 Å². The number of carboxylic acids is 1. The molecule has 9 nitrogen and oxygen atoms in total. The van der Waals surface area contributed by atoms with Gasteiger partial charge < -0.3 is 29.0 Å². The first kappa shape index (κ1) is 31.7. The zero-order chi connectivity index (χ0) is 31.7. The lowest BCUT2D eigenvalue weighted by Crippen LogP contribution is -2.48. The van der Waals surface area contributed by atoms with Crippen LogP contribution in [0.1, 0.15) is 74.4 Å². The molecule has 2 aromatic carbocycles. The van der Waals surface area contributed by atoms with Crippen molar-refractivity contribution in [3.8, 4) is 23.0 Å². The second-order valence-corrected chi connectivity index (χ2v) is 12.3. The summed E-state index contributed by atoms with van der Waals surface area (Å²) in [5.74, 6) is 2.32. The quantitative estimate of drug-likeness (QED) is 0.369. The minimum Gasteiger partial charge on any atom is -0.493 e. The number of benzene rings is 2. The van der Waals surface area contributed by atoms with E-state index < -0.39 is 5.97 Å². The smallest absolute Gasteiger partial charge is 0.331 e. The van der Waals surface area contributed by atoms with Crippen LogP contribution >= 0.6 is 0 Å². The molecule has 0 unspecified atom stereocenters. The molecule has 0 radical (unpaired) electrons. The number of nitrogens with zero attached hydrogens (tertiary/aromatic N) is 2. The van der Waals surface area contributed by atoms with Crippen molar-refractivity contribution < 1.29 is 33.6 Å². The van der Waals surface area contributed by atoms with Gasteiger partial charge in [0.2, 0.25) is 0 Å². The molecular formula is C35H46N2O7. The second kappa shape index (κ2) is 13.1. The molecule has 3 heterocycles. The number of methoxy groups -OCH3 is 4. The second-order valence-electron chi connectivity index (χ2n) is 12.3. The van der Waals surface area contributed by atoms with Crippen LogP contribution in [-0.4, -0.2) is 74.9 Å². The maximum absolute atomic E-state index is 14.0. The SMILES string of the molecule is CC[C@H]1CN2CCc3cc(OC)c(OC)cc3[C@@H]2C[C@@H]1C[C@@H]1c2cc(OC)c(OC)cc2CCN1C(=O)/C(C)=C(/C)C(=O)O. The molecule has 238 valence electrons. The fraction of sp³-hybridized carbons (Fsp3) is 0.543. The molecule has 1 amide bonds. The predicted molar refractivity (Wildman–Crippen MR) is 168 cm³/mol. The third kappa shape index (κ3) is 5.74. The number of carbonyl (C=O) groups is 2. The summed E-state index contributed by atoms with van der Waals surface area (Å²) in [7, 11) is 6.62. The van der Waals surface area contributed by atoms with Gasteiger partial charge in [-0.25, -0.2) is 4.79 Å². The Labute approximate surface area is 260 Å². The van der Waals surface area contributed by atoms with Crippen molar-refractivity contribution in [2.75, 3.05) is 48.1 Å². The summed E-state index contributed by atoms with van der Waals surface area (Å²) in [4.78, 5) is 30.3. The van der Waals surface area contributed by atoms with E-state index in [1.165, 1.54) is 18.1 Å². The summed E-state index contributed by atoms with van der Waals surface area (Å²) in [5.41, 5.74) is 5.14. The van der Waals surface area contributed by atoms with E-state index in [1.807, 2.05) is 17.0 Å². The number of aliphatic carboxylic acids is 1. The Hall–Kier alpha value is -3.72. The zero-order valence-electron chi connectivity index (χ0n) is 27.1. The molecule has 2 aromatic rings. The first-order valence-corrected chi connectivity index (χ1v) is 15.6. The van der Waals surface area contributed by atoms with Crippen LogP contribution < -0.4 is 18.9 Å². The van der Waals surface area contributed by atoms with Crippen LogP contribution in [0.4, 0.5) is 0 Å². The van der Waals surface area contributed by atoms with Gasteiger partial charge in [0.25, 0.3) is 5.91 Å². The van der Waals surface area contributed by atoms with Gasteiger partial charge >= 0.3 is 5.97 Å². The molecule has 1 fully saturated rings. The molecule has 3 aliphatic heterocycles. The number of ether oxygens (including phenoxy) is 4. The van der Waals surface area contributed by atoms with Gasteiger partial charge in [-0.2, -0.15) is 0 Å². The molecule has 0 saturated carbocycles. The minimum absolute atomic E-state index is 0.0785. The molecule has 1 N–H and O–H groups in total. The number of rotatable bonds is 9. The normalized spacial score (nSPS) is 23.5. The highest BCUT2D eigenvalue weighted by Crippen LogP contribution is 2.49. The number of fused-ring (bicyclic) bond motifs is 4. The Kier molecular flexibility index (Phi) is 9.44. The van der Waals surface area contributed by atoms with Gasteiger partial charge in [-0.15, -0.1) is 0 Å². The van der Waals surface area contributed by atoms with Gasteiger partial charge in [-0.05, 0) is 97.9 Å². The summed E-state index contributed by atoms with van der Waals surface area (Å²) in [6.45, 7) is 7.90. The number of hydrogen-bond acceptors (Lipinski definition) is 7. The van der Waals surface area contributed by atoms with Crippen molar-refractivity contribution in [3.63, 3.8) is 0 Å². The van der Waals surface area contributed by atoms with Gasteiger partial charge in [0, 0.05) is 36.8 Å². The van der Waals surface area contributed by atoms with Crippen molar-refractivity contribution in [1.29, 1.82) is 0 Å². The Morgan fingerprint density at radius 1 is 0.795 bits per heavy atom. The van der Waals surface area contributed by atoms with Gasteiger partial charge in [-0.1, -0.05) is 13.3 Å². The number of piperidine rings is 1. The number of hydrogen-bond donors (Lipinski definition) is 1. The van der Waals surface area contributed by atoms with Crippen LogP contribution in [0.25, 0.3) is 0 Å². The first-order valence-electron chi connectivity index (χ1n) is 15.6. The van der Waals surface area contributed by atoms with E-state index in [2.05, 4.69) is 24.0 Å². The fourth-order valence-corrected chi connectivity index (χ4v) is 7.60. The summed E-state index contributed by atoms with van der Waals surface area (Å²) in [6, 6.07) is 8.36. The molecule has 0 bridgehead atoms. The highest BCUT2D eigenvalue weighted by molar-refractivity contribution is 6.01. The number of carboxylic acid groups (broad SMARTS) is 1. The summed E-state index contributed by atoms with van der Waals surface area (Å²) in [5, 5.41) is 9.66. The highest BCUT2D eigenvalue weighted by atomic mass is 16.5. The Morgan fingerprint density at radius 2 is 1.34 bits per heavy atom. The average Bonchev–Trinajstić information content (AvgIpc) is 3.05. The molecule has 5 rings (SSSR count). The fourth-order valence-electron chi connectivity index (χ4n) is 7.60. The highest BCUT2D eigenvalue weighted by Gasteiger charge is 2.42. The van der Waals surface area contributed by atoms with Crippen LogP contribution in [0.2, 0.25) is 0 Å². The largest absolute Gasteiger partial charge is 0.493 e. The third-order valence-corrected chi connectivity index (χ3v) is 10.3. The summed E-state index contributed by atoms with van der Waals surface area (Å²) in [6.07, 6.45) is 4.42. The molecule has 0 aromatic heterocycles. The van der Waals surface area contributed by atoms with Gasteiger partial charge in [-0.3, -0.25) is 9.69 Å². The lowest BCUT2D eigenvalue weighted by atomic mass is 9.72. The van der Waals surface area contributed by atoms with Crippen LogP contribution in [0.3, 0.4) is 0 Å². The van der Waals surface area contributed by atoms with E-state index >= 15 is 0 Å². The van der Waals surface area contributed by atoms with Crippen LogP contribution in [0.15, 0.2) is 35.4 Å². The van der Waals surface area contributed by atoms with Crippen molar-refractivity contribution in [1.82, 2.24) is 9.80 Å². The van der Waals surface area contributed by atoms with Crippen molar-refractivity contribution in [2.24, 2.45) is 11.8 Å². The molecule has 3 aliphatic rings. The van der Waals surface area contributed by atoms with Gasteiger partial charge in [0.1, 0.15) is 0 Å². The standard InChI is InChI=1S/C35H46N2O7/c1-8-22-19-36-11-9-23-15-30(41-4)32(43-6)17-26(23)28(36)13-25(22)14-29-27-18-33(44-7)31(42-5)16-24(27)10-12-37(29)34(38)20(2)21(3)35(39)40/h15-18,22,25,28-29H,8-14,19H2,1-7H3,(H,39,40)/b21-20-/t22-,25+,28-,29+/m0/s1. The maximum Gasteiger partial charge on any atom is 0.331 e. The predicted octanol–water partition coefficient (Wildman–Crippen LogP) is 5.60.